The third-order valence-corrected chi connectivity index (χ3v) is 7.21. The Hall–Kier alpha value is -2.64. The van der Waals surface area contributed by atoms with E-state index in [1.165, 1.54) is 0 Å². The number of hydrogen-bond donors (Lipinski definition) is 1. The summed E-state index contributed by atoms with van der Waals surface area (Å²) in [6.45, 7) is 8.55. The number of primary amides is 1. The predicted octanol–water partition coefficient (Wildman–Crippen LogP) is 3.35. The molecular formula is C25H32ClN5O2. The molecule has 2 amide bonds. The Morgan fingerprint density at radius 3 is 2.36 bits per heavy atom. The summed E-state index contributed by atoms with van der Waals surface area (Å²) in [5, 5.41) is 0.643. The van der Waals surface area contributed by atoms with Crippen LogP contribution in [0.5, 0.6) is 0 Å². The van der Waals surface area contributed by atoms with Crippen molar-refractivity contribution in [3.8, 4) is 0 Å². The Kier molecular flexibility index (Phi) is 7.20. The highest BCUT2D eigenvalue weighted by molar-refractivity contribution is 6.30. The van der Waals surface area contributed by atoms with Gasteiger partial charge >= 0.3 is 0 Å². The van der Waals surface area contributed by atoms with Crippen molar-refractivity contribution in [3.63, 3.8) is 0 Å². The molecule has 0 aliphatic carbocycles. The van der Waals surface area contributed by atoms with E-state index in [2.05, 4.69) is 21.7 Å². The molecule has 4 rings (SSSR count). The molecule has 0 bridgehead atoms. The van der Waals surface area contributed by atoms with Crippen molar-refractivity contribution in [1.82, 2.24) is 14.8 Å². The Morgan fingerprint density at radius 1 is 1.06 bits per heavy atom. The van der Waals surface area contributed by atoms with Crippen LogP contribution in [-0.2, 0) is 0 Å². The van der Waals surface area contributed by atoms with Crippen LogP contribution in [0.1, 0.15) is 52.7 Å². The number of piperidine rings is 1. The zero-order valence-corrected chi connectivity index (χ0v) is 20.1. The summed E-state index contributed by atoms with van der Waals surface area (Å²) in [7, 11) is 0. The molecule has 2 saturated heterocycles. The number of aromatic nitrogens is 1. The largest absolute Gasteiger partial charge is 0.367 e. The maximum atomic E-state index is 12.8. The van der Waals surface area contributed by atoms with E-state index in [1.54, 1.807) is 30.3 Å². The van der Waals surface area contributed by atoms with Crippen LogP contribution in [0.15, 0.2) is 36.4 Å². The minimum absolute atomic E-state index is 0.0874. The van der Waals surface area contributed by atoms with Gasteiger partial charge in [0.1, 0.15) is 5.69 Å². The number of piperazine rings is 1. The molecule has 1 aromatic carbocycles. The lowest BCUT2D eigenvalue weighted by atomic mass is 9.97. The molecule has 2 N–H and O–H groups in total. The van der Waals surface area contributed by atoms with Crippen molar-refractivity contribution < 1.29 is 9.59 Å². The minimum Gasteiger partial charge on any atom is -0.367 e. The minimum atomic E-state index is -0.498. The van der Waals surface area contributed by atoms with Gasteiger partial charge in [0.2, 0.25) is 0 Å². The fourth-order valence-corrected chi connectivity index (χ4v) is 5.26. The summed E-state index contributed by atoms with van der Waals surface area (Å²) in [5.74, 6) is -0.411. The highest BCUT2D eigenvalue weighted by atomic mass is 35.5. The van der Waals surface area contributed by atoms with Crippen LogP contribution >= 0.6 is 11.6 Å². The van der Waals surface area contributed by atoms with Gasteiger partial charge in [0, 0.05) is 55.4 Å². The average molecular weight is 470 g/mol. The molecular weight excluding hydrogens is 438 g/mol. The molecule has 33 heavy (non-hydrogen) atoms. The summed E-state index contributed by atoms with van der Waals surface area (Å²) in [5.41, 5.74) is 8.28. The summed E-state index contributed by atoms with van der Waals surface area (Å²) in [4.78, 5) is 35.6. The quantitative estimate of drug-likeness (QED) is 0.726. The number of nitrogens with zero attached hydrogens (tertiary/aromatic N) is 4. The maximum Gasteiger partial charge on any atom is 0.267 e. The van der Waals surface area contributed by atoms with Gasteiger partial charge < -0.3 is 15.5 Å². The number of anilines is 1. The first-order valence-electron chi connectivity index (χ1n) is 11.7. The summed E-state index contributed by atoms with van der Waals surface area (Å²) in [6, 6.07) is 11.8. The number of amides is 2. The highest BCUT2D eigenvalue weighted by Gasteiger charge is 2.34. The Labute approximate surface area is 200 Å². The Balaban J connectivity index is 1.37. The first-order valence-corrected chi connectivity index (χ1v) is 12.1. The van der Waals surface area contributed by atoms with Gasteiger partial charge in [-0.05, 0) is 62.6 Å². The number of benzene rings is 1. The lowest BCUT2D eigenvalue weighted by molar-refractivity contribution is 0.0491. The van der Waals surface area contributed by atoms with Crippen molar-refractivity contribution in [3.05, 3.63) is 58.4 Å². The highest BCUT2D eigenvalue weighted by Crippen LogP contribution is 2.28. The maximum absolute atomic E-state index is 12.8. The standard InChI is InChI=1S/C25H32ClN5O2/c1-3-20-16-30(23-9-8-22(24(27)32)28-17(23)2)14-15-31(20)21-10-12-29(13-11-21)25(33)18-4-6-19(26)7-5-18/h4-9,20-21H,3,10-16H2,1-2H3,(H2,27,32)/t20-/m0/s1. The lowest BCUT2D eigenvalue weighted by Crippen LogP contribution is -2.58. The molecule has 2 aliphatic heterocycles. The lowest BCUT2D eigenvalue weighted by Gasteiger charge is -2.48. The van der Waals surface area contributed by atoms with Crippen LogP contribution in [0.4, 0.5) is 5.69 Å². The second-order valence-electron chi connectivity index (χ2n) is 8.94. The van der Waals surface area contributed by atoms with E-state index in [0.29, 0.717) is 28.4 Å². The molecule has 0 unspecified atom stereocenters. The molecule has 2 aromatic rings. The third kappa shape index (κ3) is 5.14. The van der Waals surface area contributed by atoms with E-state index in [-0.39, 0.29) is 5.91 Å². The number of likely N-dealkylation sites (tertiary alicyclic amines) is 1. The van der Waals surface area contributed by atoms with E-state index in [4.69, 9.17) is 17.3 Å². The normalized spacial score (nSPS) is 20.2. The molecule has 176 valence electrons. The molecule has 0 spiro atoms. The van der Waals surface area contributed by atoms with Crippen LogP contribution in [-0.4, -0.2) is 71.4 Å². The smallest absolute Gasteiger partial charge is 0.267 e. The van der Waals surface area contributed by atoms with Crippen LogP contribution in [0.25, 0.3) is 0 Å². The zero-order valence-electron chi connectivity index (χ0n) is 19.3. The molecule has 8 heteroatoms. The van der Waals surface area contributed by atoms with Gasteiger partial charge in [-0.15, -0.1) is 0 Å². The molecule has 7 nitrogen and oxygen atoms in total. The SMILES string of the molecule is CC[C@H]1CN(c2ccc(C(N)=O)nc2C)CCN1C1CCN(C(=O)c2ccc(Cl)cc2)CC1. The number of carbonyl (C=O) groups excluding carboxylic acids is 2. The second-order valence-corrected chi connectivity index (χ2v) is 9.38. The van der Waals surface area contributed by atoms with Crippen molar-refractivity contribution >= 4 is 29.1 Å². The van der Waals surface area contributed by atoms with Crippen molar-refractivity contribution in [1.29, 1.82) is 0 Å². The van der Waals surface area contributed by atoms with Gasteiger partial charge in [-0.3, -0.25) is 14.5 Å². The average Bonchev–Trinajstić information content (AvgIpc) is 2.83. The summed E-state index contributed by atoms with van der Waals surface area (Å²) < 4.78 is 0. The number of carbonyl (C=O) groups is 2. The fourth-order valence-electron chi connectivity index (χ4n) is 5.13. The van der Waals surface area contributed by atoms with E-state index in [9.17, 15) is 9.59 Å². The zero-order chi connectivity index (χ0) is 23.5. The number of rotatable bonds is 5. The van der Waals surface area contributed by atoms with E-state index in [0.717, 1.165) is 63.4 Å². The summed E-state index contributed by atoms with van der Waals surface area (Å²) in [6.07, 6.45) is 3.04. The van der Waals surface area contributed by atoms with Crippen LogP contribution < -0.4 is 10.6 Å². The second kappa shape index (κ2) is 10.1. The van der Waals surface area contributed by atoms with Gasteiger partial charge in [-0.2, -0.15) is 0 Å². The van der Waals surface area contributed by atoms with Gasteiger partial charge in [0.05, 0.1) is 11.4 Å². The molecule has 2 fully saturated rings. The van der Waals surface area contributed by atoms with Crippen molar-refractivity contribution in [2.24, 2.45) is 5.73 Å². The van der Waals surface area contributed by atoms with E-state index >= 15 is 0 Å². The third-order valence-electron chi connectivity index (χ3n) is 6.96. The topological polar surface area (TPSA) is 82.8 Å². The fraction of sp³-hybridized carbons (Fsp3) is 0.480. The van der Waals surface area contributed by atoms with Crippen LogP contribution in [0, 0.1) is 6.92 Å². The molecule has 0 radical (unpaired) electrons. The number of nitrogens with two attached hydrogens (primary N) is 1. The Morgan fingerprint density at radius 2 is 1.76 bits per heavy atom. The van der Waals surface area contributed by atoms with Crippen molar-refractivity contribution in [2.45, 2.75) is 45.2 Å². The first-order chi connectivity index (χ1) is 15.9. The van der Waals surface area contributed by atoms with Crippen LogP contribution in [0.2, 0.25) is 5.02 Å². The molecule has 1 atom stereocenters. The monoisotopic (exact) mass is 469 g/mol. The molecule has 0 saturated carbocycles. The van der Waals surface area contributed by atoms with Gasteiger partial charge in [-0.25, -0.2) is 4.98 Å². The van der Waals surface area contributed by atoms with Crippen LogP contribution in [0.3, 0.4) is 0 Å². The Bertz CT molecular complexity index is 1000. The number of hydrogen-bond acceptors (Lipinski definition) is 5. The number of aryl methyl sites for hydroxylation is 1. The van der Waals surface area contributed by atoms with Gasteiger partial charge in [0.25, 0.3) is 11.8 Å². The molecule has 3 heterocycles. The number of halogens is 1. The van der Waals surface area contributed by atoms with Crippen molar-refractivity contribution in [2.75, 3.05) is 37.6 Å². The predicted molar refractivity (Wildman–Crippen MR) is 131 cm³/mol. The molecule has 1 aromatic heterocycles. The first kappa shape index (κ1) is 23.5. The number of pyridine rings is 1. The van der Waals surface area contributed by atoms with Gasteiger partial charge in [0.15, 0.2) is 0 Å². The van der Waals surface area contributed by atoms with Gasteiger partial charge in [-0.1, -0.05) is 18.5 Å². The molecule has 2 aliphatic rings. The van der Waals surface area contributed by atoms with E-state index in [1.807, 2.05) is 17.9 Å². The van der Waals surface area contributed by atoms with E-state index < -0.39 is 5.91 Å². The summed E-state index contributed by atoms with van der Waals surface area (Å²) >= 11 is 5.96.